The fraction of sp³-hybridized carbons (Fsp3) is 0.100. The van der Waals surface area contributed by atoms with Gasteiger partial charge in [0.2, 0.25) is 5.91 Å². The average molecular weight is 316 g/mol. The lowest BCUT2D eigenvalue weighted by atomic mass is 10.1. The maximum absolute atomic E-state index is 11.2. The molecule has 78 valence electrons. The van der Waals surface area contributed by atoms with Gasteiger partial charge in [0.25, 0.3) is 0 Å². The van der Waals surface area contributed by atoms with Crippen molar-refractivity contribution < 1.29 is 9.90 Å². The van der Waals surface area contributed by atoms with E-state index in [1.807, 2.05) is 22.9 Å². The number of phenols is 1. The summed E-state index contributed by atoms with van der Waals surface area (Å²) in [4.78, 5) is 14.3. The maximum Gasteiger partial charge on any atom is 0.233 e. The number of aromatic amines is 1. The van der Waals surface area contributed by atoms with Crippen LogP contribution in [0.5, 0.6) is 5.75 Å². The number of H-pyrrole nitrogens is 1. The first-order chi connectivity index (χ1) is 7.20. The Morgan fingerprint density at radius 2 is 2.33 bits per heavy atom. The highest BCUT2D eigenvalue weighted by Gasteiger charge is 2.08. The monoisotopic (exact) mass is 316 g/mol. The molecule has 0 saturated heterocycles. The molecule has 1 aromatic heterocycles. The van der Waals surface area contributed by atoms with Crippen LogP contribution in [0.2, 0.25) is 0 Å². The second-order valence-electron chi connectivity index (χ2n) is 3.24. The first kappa shape index (κ1) is 10.3. The third-order valence-electron chi connectivity index (χ3n) is 2.21. The van der Waals surface area contributed by atoms with Crippen LogP contribution in [0.25, 0.3) is 10.9 Å². The van der Waals surface area contributed by atoms with Crippen LogP contribution < -0.4 is 3.53 Å². The molecule has 2 rings (SSSR count). The molecule has 0 unspecified atom stereocenters. The van der Waals surface area contributed by atoms with Crippen molar-refractivity contribution in [3.8, 4) is 5.75 Å². The fourth-order valence-electron chi connectivity index (χ4n) is 1.52. The van der Waals surface area contributed by atoms with Gasteiger partial charge in [0, 0.05) is 17.1 Å². The average Bonchev–Trinajstić information content (AvgIpc) is 2.61. The molecule has 2 aromatic rings. The van der Waals surface area contributed by atoms with E-state index in [4.69, 9.17) is 0 Å². The van der Waals surface area contributed by atoms with Gasteiger partial charge in [-0.3, -0.25) is 8.32 Å². The lowest BCUT2D eigenvalue weighted by molar-refractivity contribution is -0.118. The van der Waals surface area contributed by atoms with Crippen LogP contribution in [0.15, 0.2) is 24.4 Å². The zero-order valence-electron chi connectivity index (χ0n) is 7.75. The summed E-state index contributed by atoms with van der Waals surface area (Å²) >= 11 is 1.81. The van der Waals surface area contributed by atoms with Crippen molar-refractivity contribution >= 4 is 39.7 Å². The number of carbonyl (C=O) groups excluding carboxylic acids is 1. The van der Waals surface area contributed by atoms with E-state index in [-0.39, 0.29) is 11.7 Å². The van der Waals surface area contributed by atoms with Crippen molar-refractivity contribution in [1.82, 2.24) is 8.51 Å². The first-order valence-electron chi connectivity index (χ1n) is 4.39. The Morgan fingerprint density at radius 3 is 3.07 bits per heavy atom. The summed E-state index contributed by atoms with van der Waals surface area (Å²) in [5.41, 5.74) is 1.80. The number of hydrogen-bond donors (Lipinski definition) is 3. The summed E-state index contributed by atoms with van der Waals surface area (Å²) in [6, 6.07) is 5.05. The molecule has 0 aliphatic rings. The number of aromatic nitrogens is 1. The van der Waals surface area contributed by atoms with Gasteiger partial charge < -0.3 is 10.1 Å². The smallest absolute Gasteiger partial charge is 0.233 e. The topological polar surface area (TPSA) is 65.1 Å². The van der Waals surface area contributed by atoms with E-state index in [2.05, 4.69) is 8.51 Å². The van der Waals surface area contributed by atoms with Crippen LogP contribution >= 0.6 is 22.9 Å². The zero-order valence-corrected chi connectivity index (χ0v) is 9.91. The van der Waals surface area contributed by atoms with Gasteiger partial charge in [-0.15, -0.1) is 0 Å². The quantitative estimate of drug-likeness (QED) is 0.585. The Hall–Kier alpha value is -1.24. The molecule has 0 atom stereocenters. The third kappa shape index (κ3) is 2.06. The molecule has 1 heterocycles. The second kappa shape index (κ2) is 4.09. The summed E-state index contributed by atoms with van der Waals surface area (Å²) in [6.45, 7) is 0. The predicted molar refractivity (Wildman–Crippen MR) is 65.8 cm³/mol. The number of aromatic hydroxyl groups is 1. The van der Waals surface area contributed by atoms with Crippen molar-refractivity contribution in [2.24, 2.45) is 0 Å². The van der Waals surface area contributed by atoms with Gasteiger partial charge in [-0.25, -0.2) is 0 Å². The fourth-order valence-corrected chi connectivity index (χ4v) is 1.71. The molecular formula is C10H9IN2O2. The van der Waals surface area contributed by atoms with Crippen LogP contribution in [0.4, 0.5) is 0 Å². The van der Waals surface area contributed by atoms with Crippen LogP contribution in [0.1, 0.15) is 5.56 Å². The highest BCUT2D eigenvalue weighted by atomic mass is 127. The largest absolute Gasteiger partial charge is 0.508 e. The minimum Gasteiger partial charge on any atom is -0.508 e. The number of benzene rings is 1. The minimum absolute atomic E-state index is 0.0557. The number of nitrogens with one attached hydrogen (secondary N) is 2. The van der Waals surface area contributed by atoms with E-state index >= 15 is 0 Å². The van der Waals surface area contributed by atoms with Crippen LogP contribution in [0, 0.1) is 0 Å². The molecule has 0 bridgehead atoms. The summed E-state index contributed by atoms with van der Waals surface area (Å²) in [7, 11) is 0. The molecule has 0 spiro atoms. The van der Waals surface area contributed by atoms with Gasteiger partial charge in [0.05, 0.1) is 29.3 Å². The van der Waals surface area contributed by atoms with Crippen molar-refractivity contribution in [3.05, 3.63) is 30.0 Å². The minimum atomic E-state index is -0.0557. The Labute approximate surface area is 100 Å². The predicted octanol–water partition coefficient (Wildman–Crippen LogP) is 1.88. The van der Waals surface area contributed by atoms with Gasteiger partial charge in [0.1, 0.15) is 5.75 Å². The van der Waals surface area contributed by atoms with Crippen LogP contribution in [-0.4, -0.2) is 16.0 Å². The lowest BCUT2D eigenvalue weighted by Gasteiger charge is -1.97. The van der Waals surface area contributed by atoms with E-state index in [0.29, 0.717) is 6.42 Å². The number of hydrogen-bond acceptors (Lipinski definition) is 2. The number of carbonyl (C=O) groups is 1. The molecule has 1 aromatic carbocycles. The number of halogens is 1. The van der Waals surface area contributed by atoms with Crippen molar-refractivity contribution in [2.75, 3.05) is 0 Å². The summed E-state index contributed by atoms with van der Waals surface area (Å²) in [5, 5.41) is 10.2. The highest BCUT2D eigenvalue weighted by Crippen LogP contribution is 2.23. The molecule has 0 saturated carbocycles. The van der Waals surface area contributed by atoms with Crippen molar-refractivity contribution in [1.29, 1.82) is 0 Å². The Bertz CT molecular complexity index is 507. The molecule has 0 aliphatic carbocycles. The molecule has 5 heteroatoms. The zero-order chi connectivity index (χ0) is 10.8. The van der Waals surface area contributed by atoms with Crippen molar-refractivity contribution in [2.45, 2.75) is 6.42 Å². The number of fused-ring (bicyclic) bond motifs is 1. The third-order valence-corrected chi connectivity index (χ3v) is 2.81. The number of amides is 1. The Kier molecular flexibility index (Phi) is 2.81. The van der Waals surface area contributed by atoms with Crippen LogP contribution in [0.3, 0.4) is 0 Å². The Morgan fingerprint density at radius 1 is 1.53 bits per heavy atom. The molecule has 0 radical (unpaired) electrons. The van der Waals surface area contributed by atoms with E-state index in [9.17, 15) is 9.90 Å². The van der Waals surface area contributed by atoms with Crippen LogP contribution in [-0.2, 0) is 11.2 Å². The molecule has 15 heavy (non-hydrogen) atoms. The normalized spacial score (nSPS) is 10.5. The van der Waals surface area contributed by atoms with E-state index in [1.165, 1.54) is 0 Å². The molecule has 3 N–H and O–H groups in total. The van der Waals surface area contributed by atoms with Gasteiger partial charge >= 0.3 is 0 Å². The Balaban J connectivity index is 2.43. The van der Waals surface area contributed by atoms with Gasteiger partial charge in [0.15, 0.2) is 0 Å². The van der Waals surface area contributed by atoms with E-state index < -0.39 is 0 Å². The lowest BCUT2D eigenvalue weighted by Crippen LogP contribution is -2.13. The van der Waals surface area contributed by atoms with E-state index in [1.54, 1.807) is 24.4 Å². The molecular weight excluding hydrogens is 307 g/mol. The summed E-state index contributed by atoms with van der Waals surface area (Å²) in [5.74, 6) is 0.151. The molecule has 4 nitrogen and oxygen atoms in total. The molecule has 0 aliphatic heterocycles. The number of rotatable bonds is 2. The van der Waals surface area contributed by atoms with E-state index in [0.717, 1.165) is 16.5 Å². The summed E-state index contributed by atoms with van der Waals surface area (Å²) in [6.07, 6.45) is 2.10. The second-order valence-corrected chi connectivity index (χ2v) is 3.78. The first-order valence-corrected chi connectivity index (χ1v) is 5.47. The standard InChI is InChI=1S/C10H9IN2O2/c11-13-10(15)3-6-5-12-9-2-1-7(14)4-8(6)9/h1-2,4-5,12,14H,3H2,(H,13,15). The van der Waals surface area contributed by atoms with Gasteiger partial charge in [-0.2, -0.15) is 0 Å². The molecule has 1 amide bonds. The summed E-state index contributed by atoms with van der Waals surface area (Å²) < 4.78 is 2.54. The number of phenolic OH excluding ortho intramolecular Hbond substituents is 1. The van der Waals surface area contributed by atoms with Crippen molar-refractivity contribution in [3.63, 3.8) is 0 Å². The maximum atomic E-state index is 11.2. The van der Waals surface area contributed by atoms with Gasteiger partial charge in [-0.05, 0) is 23.8 Å². The SMILES string of the molecule is O=C(Cc1c[nH]c2ccc(O)cc12)NI. The van der Waals surface area contributed by atoms with Gasteiger partial charge in [-0.1, -0.05) is 0 Å². The molecule has 0 fully saturated rings. The highest BCUT2D eigenvalue weighted by molar-refractivity contribution is 14.1.